The smallest absolute Gasteiger partial charge is 0.217 e. The number of hydrogen-bond acceptors (Lipinski definition) is 2. The number of aliphatic imine (C=N–C) groups is 1. The Balaban J connectivity index is 1.83. The highest BCUT2D eigenvalue weighted by atomic mass is 16.5. The van der Waals surface area contributed by atoms with Crippen LogP contribution in [0.3, 0.4) is 0 Å². The summed E-state index contributed by atoms with van der Waals surface area (Å²) in [5.74, 6) is 0.794. The summed E-state index contributed by atoms with van der Waals surface area (Å²) in [4.78, 5) is 4.76. The van der Waals surface area contributed by atoms with E-state index in [2.05, 4.69) is 82.3 Å². The van der Waals surface area contributed by atoms with Crippen LogP contribution in [-0.2, 0) is 17.6 Å². The van der Waals surface area contributed by atoms with Crippen LogP contribution in [0, 0.1) is 6.92 Å². The molecule has 0 N–H and O–H groups in total. The van der Waals surface area contributed by atoms with Crippen molar-refractivity contribution in [3.63, 3.8) is 0 Å². The van der Waals surface area contributed by atoms with Gasteiger partial charge in [0.2, 0.25) is 5.90 Å². The molecule has 0 saturated carbocycles. The third kappa shape index (κ3) is 4.39. The number of benzene rings is 2. The Morgan fingerprint density at radius 3 is 2.68 bits per heavy atom. The van der Waals surface area contributed by atoms with Crippen LogP contribution in [0.25, 0.3) is 6.08 Å². The molecule has 0 saturated heterocycles. The van der Waals surface area contributed by atoms with Crippen molar-refractivity contribution in [2.75, 3.05) is 6.61 Å². The molecular formula is C23H27NO. The third-order valence-corrected chi connectivity index (χ3v) is 4.45. The van der Waals surface area contributed by atoms with Crippen LogP contribution in [-0.4, -0.2) is 18.0 Å². The van der Waals surface area contributed by atoms with Gasteiger partial charge in [-0.15, -0.1) is 0 Å². The number of aryl methyl sites for hydroxylation is 3. The van der Waals surface area contributed by atoms with Crippen LogP contribution >= 0.6 is 0 Å². The fourth-order valence-electron chi connectivity index (χ4n) is 3.18. The highest BCUT2D eigenvalue weighted by Crippen LogP contribution is 2.24. The summed E-state index contributed by atoms with van der Waals surface area (Å²) in [7, 11) is 0. The Morgan fingerprint density at radius 1 is 1.12 bits per heavy atom. The van der Waals surface area contributed by atoms with Crippen molar-refractivity contribution < 1.29 is 4.74 Å². The molecule has 0 aliphatic carbocycles. The van der Waals surface area contributed by atoms with Crippen LogP contribution in [0.15, 0.2) is 53.5 Å². The van der Waals surface area contributed by atoms with Crippen molar-refractivity contribution in [2.45, 2.75) is 46.1 Å². The fourth-order valence-corrected chi connectivity index (χ4v) is 3.18. The molecule has 1 aliphatic rings. The first-order valence-corrected chi connectivity index (χ1v) is 9.01. The lowest BCUT2D eigenvalue weighted by Crippen LogP contribution is -2.17. The molecule has 0 radical (unpaired) electrons. The van der Waals surface area contributed by atoms with Crippen LogP contribution in [0.5, 0.6) is 0 Å². The quantitative estimate of drug-likeness (QED) is 0.721. The second-order valence-electron chi connectivity index (χ2n) is 7.42. The van der Waals surface area contributed by atoms with Gasteiger partial charge in [0.15, 0.2) is 0 Å². The summed E-state index contributed by atoms with van der Waals surface area (Å²) in [5.41, 5.74) is 6.22. The number of allylic oxidation sites excluding steroid dienone is 1. The zero-order valence-electron chi connectivity index (χ0n) is 15.7. The van der Waals surface area contributed by atoms with Gasteiger partial charge in [0.25, 0.3) is 0 Å². The second-order valence-corrected chi connectivity index (χ2v) is 7.42. The number of hydrogen-bond donors (Lipinski definition) is 0. The van der Waals surface area contributed by atoms with Crippen molar-refractivity contribution in [1.29, 1.82) is 0 Å². The predicted molar refractivity (Wildman–Crippen MR) is 106 cm³/mol. The molecule has 2 aromatic carbocycles. The molecule has 1 aliphatic heterocycles. The topological polar surface area (TPSA) is 21.6 Å². The van der Waals surface area contributed by atoms with E-state index in [-0.39, 0.29) is 5.54 Å². The lowest BCUT2D eigenvalue weighted by molar-refractivity contribution is 0.279. The Hall–Kier alpha value is -2.35. The maximum Gasteiger partial charge on any atom is 0.217 e. The average molecular weight is 333 g/mol. The summed E-state index contributed by atoms with van der Waals surface area (Å²) < 4.78 is 5.88. The SMILES string of the molecule is CC=Cc1cccc(CCc2cc(C)ccc2C2=NC(C)(C)CO2)c1. The highest BCUT2D eigenvalue weighted by molar-refractivity contribution is 5.97. The summed E-state index contributed by atoms with van der Waals surface area (Å²) in [6, 6.07) is 15.3. The largest absolute Gasteiger partial charge is 0.475 e. The first kappa shape index (κ1) is 17.5. The van der Waals surface area contributed by atoms with Crippen molar-refractivity contribution in [3.05, 3.63) is 76.4 Å². The minimum atomic E-state index is -0.127. The van der Waals surface area contributed by atoms with Gasteiger partial charge in [0.1, 0.15) is 6.61 Å². The second kappa shape index (κ2) is 7.26. The Morgan fingerprint density at radius 2 is 1.96 bits per heavy atom. The van der Waals surface area contributed by atoms with Gasteiger partial charge in [-0.25, -0.2) is 4.99 Å². The van der Waals surface area contributed by atoms with Gasteiger partial charge < -0.3 is 4.74 Å². The summed E-state index contributed by atoms with van der Waals surface area (Å²) in [5, 5.41) is 0. The molecule has 0 atom stereocenters. The molecular weight excluding hydrogens is 306 g/mol. The van der Waals surface area contributed by atoms with Crippen molar-refractivity contribution in [3.8, 4) is 0 Å². The molecule has 0 bridgehead atoms. The minimum absolute atomic E-state index is 0.127. The van der Waals surface area contributed by atoms with Crippen molar-refractivity contribution >= 4 is 12.0 Å². The van der Waals surface area contributed by atoms with E-state index in [9.17, 15) is 0 Å². The van der Waals surface area contributed by atoms with E-state index >= 15 is 0 Å². The summed E-state index contributed by atoms with van der Waals surface area (Å²) >= 11 is 0. The highest BCUT2D eigenvalue weighted by Gasteiger charge is 2.28. The molecule has 0 fully saturated rings. The van der Waals surface area contributed by atoms with E-state index in [1.165, 1.54) is 22.3 Å². The van der Waals surface area contributed by atoms with Crippen LogP contribution in [0.1, 0.15) is 48.6 Å². The van der Waals surface area contributed by atoms with Crippen LogP contribution < -0.4 is 0 Å². The molecule has 130 valence electrons. The Labute approximate surface area is 151 Å². The molecule has 0 unspecified atom stereocenters. The van der Waals surface area contributed by atoms with E-state index in [0.29, 0.717) is 6.61 Å². The molecule has 2 aromatic rings. The van der Waals surface area contributed by atoms with Gasteiger partial charge in [-0.05, 0) is 63.3 Å². The summed E-state index contributed by atoms with van der Waals surface area (Å²) in [6.07, 6.45) is 6.22. The van der Waals surface area contributed by atoms with Crippen LogP contribution in [0.4, 0.5) is 0 Å². The average Bonchev–Trinajstić information content (AvgIpc) is 2.93. The van der Waals surface area contributed by atoms with Gasteiger partial charge in [-0.1, -0.05) is 54.1 Å². The first-order valence-electron chi connectivity index (χ1n) is 9.01. The molecule has 25 heavy (non-hydrogen) atoms. The molecule has 2 nitrogen and oxygen atoms in total. The van der Waals surface area contributed by atoms with Crippen LogP contribution in [0.2, 0.25) is 0 Å². The van der Waals surface area contributed by atoms with Gasteiger partial charge >= 0.3 is 0 Å². The number of ether oxygens (including phenoxy) is 1. The maximum absolute atomic E-state index is 5.88. The van der Waals surface area contributed by atoms with Crippen molar-refractivity contribution in [1.82, 2.24) is 0 Å². The normalized spacial score (nSPS) is 16.1. The summed E-state index contributed by atoms with van der Waals surface area (Å²) in [6.45, 7) is 9.07. The molecule has 3 rings (SSSR count). The Bertz CT molecular complexity index is 815. The molecule has 0 spiro atoms. The van der Waals surface area contributed by atoms with E-state index < -0.39 is 0 Å². The maximum atomic E-state index is 5.88. The first-order chi connectivity index (χ1) is 12.0. The zero-order chi connectivity index (χ0) is 17.9. The molecule has 0 aromatic heterocycles. The minimum Gasteiger partial charge on any atom is -0.475 e. The lowest BCUT2D eigenvalue weighted by Gasteiger charge is -2.11. The molecule has 2 heteroatoms. The van der Waals surface area contributed by atoms with Gasteiger partial charge in [-0.3, -0.25) is 0 Å². The third-order valence-electron chi connectivity index (χ3n) is 4.45. The standard InChI is InChI=1S/C23H27NO/c1-5-7-18-8-6-9-19(15-18)11-12-20-14-17(2)10-13-21(20)22-24-23(3,4)16-25-22/h5-10,13-15H,11-12,16H2,1-4H3. The van der Waals surface area contributed by atoms with Gasteiger partial charge in [0.05, 0.1) is 5.54 Å². The predicted octanol–water partition coefficient (Wildman–Crippen LogP) is 5.37. The van der Waals surface area contributed by atoms with Gasteiger partial charge in [-0.2, -0.15) is 0 Å². The number of nitrogens with zero attached hydrogens (tertiary/aromatic N) is 1. The van der Waals surface area contributed by atoms with E-state index in [1.807, 2.05) is 0 Å². The van der Waals surface area contributed by atoms with E-state index in [0.717, 1.165) is 24.3 Å². The Kier molecular flexibility index (Phi) is 5.08. The van der Waals surface area contributed by atoms with Crippen molar-refractivity contribution in [2.24, 2.45) is 4.99 Å². The number of rotatable bonds is 5. The van der Waals surface area contributed by atoms with Gasteiger partial charge in [0, 0.05) is 5.56 Å². The van der Waals surface area contributed by atoms with E-state index in [4.69, 9.17) is 9.73 Å². The monoisotopic (exact) mass is 333 g/mol. The lowest BCUT2D eigenvalue weighted by atomic mass is 9.97. The molecule has 1 heterocycles. The fraction of sp³-hybridized carbons (Fsp3) is 0.348. The zero-order valence-corrected chi connectivity index (χ0v) is 15.7. The molecule has 0 amide bonds. The van der Waals surface area contributed by atoms with E-state index in [1.54, 1.807) is 0 Å².